The molecule has 0 amide bonds. The van der Waals surface area contributed by atoms with Gasteiger partial charge in [0.05, 0.1) is 12.5 Å². The number of fused-ring (bicyclic) bond motifs is 5. The van der Waals surface area contributed by atoms with Crippen molar-refractivity contribution in [2.45, 2.75) is 13.3 Å². The second-order valence-corrected chi connectivity index (χ2v) is 6.45. The summed E-state index contributed by atoms with van der Waals surface area (Å²) in [6.45, 7) is 2.11. The van der Waals surface area contributed by atoms with E-state index in [2.05, 4.69) is 61.5 Å². The van der Waals surface area contributed by atoms with E-state index in [4.69, 9.17) is 5.26 Å². The van der Waals surface area contributed by atoms with Crippen molar-refractivity contribution >= 4 is 42.3 Å². The van der Waals surface area contributed by atoms with Crippen molar-refractivity contribution in [1.82, 2.24) is 0 Å². The summed E-state index contributed by atoms with van der Waals surface area (Å²) in [7, 11) is 0. The van der Waals surface area contributed by atoms with Crippen LogP contribution in [0, 0.1) is 18.3 Å². The topological polar surface area (TPSA) is 23.8 Å². The summed E-state index contributed by atoms with van der Waals surface area (Å²) < 4.78 is 2.60. The molecule has 1 aromatic heterocycles. The molecule has 1 nitrogen and oxygen atoms in total. The molecule has 0 aliphatic carbocycles. The summed E-state index contributed by atoms with van der Waals surface area (Å²) in [6.07, 6.45) is 0.459. The molecule has 100 valence electrons. The second-order valence-electron chi connectivity index (χ2n) is 5.40. The summed E-state index contributed by atoms with van der Waals surface area (Å²) in [5.74, 6) is 0. The quantitative estimate of drug-likeness (QED) is 0.448. The highest BCUT2D eigenvalue weighted by Crippen LogP contribution is 2.40. The number of rotatable bonds is 1. The fraction of sp³-hybridized carbons (Fsp3) is 0.105. The van der Waals surface area contributed by atoms with Crippen LogP contribution >= 0.6 is 11.3 Å². The normalized spacial score (nSPS) is 11.2. The molecule has 0 bridgehead atoms. The Hall–Kier alpha value is -2.37. The summed E-state index contributed by atoms with van der Waals surface area (Å²) in [5, 5.41) is 14.2. The highest BCUT2D eigenvalue weighted by atomic mass is 32.1. The monoisotopic (exact) mass is 287 g/mol. The maximum atomic E-state index is 9.17. The van der Waals surface area contributed by atoms with Gasteiger partial charge in [-0.2, -0.15) is 5.26 Å². The van der Waals surface area contributed by atoms with Gasteiger partial charge in [-0.1, -0.05) is 42.0 Å². The Labute approximate surface area is 127 Å². The molecule has 0 fully saturated rings. The largest absolute Gasteiger partial charge is 0.198 e. The van der Waals surface area contributed by atoms with E-state index in [1.165, 1.54) is 36.5 Å². The van der Waals surface area contributed by atoms with E-state index in [0.29, 0.717) is 6.42 Å². The molecule has 4 rings (SSSR count). The van der Waals surface area contributed by atoms with E-state index in [1.807, 2.05) is 11.3 Å². The van der Waals surface area contributed by atoms with Crippen LogP contribution in [-0.4, -0.2) is 0 Å². The summed E-state index contributed by atoms with van der Waals surface area (Å²) in [6, 6.07) is 19.6. The fourth-order valence-corrected chi connectivity index (χ4v) is 4.33. The lowest BCUT2D eigenvalue weighted by molar-refractivity contribution is 1.30. The SMILES string of the molecule is Cc1ccc2c(c1)cc(CC#N)c1c3ccccc3sc21. The van der Waals surface area contributed by atoms with Crippen LogP contribution in [0.3, 0.4) is 0 Å². The van der Waals surface area contributed by atoms with Gasteiger partial charge in [0.25, 0.3) is 0 Å². The predicted octanol–water partition coefficient (Wildman–Crippen LogP) is 5.58. The standard InChI is InChI=1S/C19H13NS/c1-12-6-7-15-14(10-12)11-13(8-9-20)18-16-4-2-3-5-17(16)21-19(15)18/h2-7,10-11H,8H2,1H3. The molecule has 4 aromatic rings. The first-order valence-corrected chi connectivity index (χ1v) is 7.80. The van der Waals surface area contributed by atoms with Crippen molar-refractivity contribution in [2.75, 3.05) is 0 Å². The molecule has 0 spiro atoms. The molecule has 2 heteroatoms. The van der Waals surface area contributed by atoms with Gasteiger partial charge in [0, 0.05) is 20.2 Å². The highest BCUT2D eigenvalue weighted by Gasteiger charge is 2.12. The average molecular weight is 287 g/mol. The minimum atomic E-state index is 0.459. The molecule has 3 aromatic carbocycles. The van der Waals surface area contributed by atoms with Gasteiger partial charge in [0.1, 0.15) is 0 Å². The van der Waals surface area contributed by atoms with E-state index in [9.17, 15) is 0 Å². The molecule has 0 saturated heterocycles. The lowest BCUT2D eigenvalue weighted by atomic mass is 9.98. The summed E-state index contributed by atoms with van der Waals surface area (Å²) in [4.78, 5) is 0. The third-order valence-corrected chi connectivity index (χ3v) is 5.17. The molecule has 0 aliphatic rings. The number of hydrogen-bond donors (Lipinski definition) is 0. The Kier molecular flexibility index (Phi) is 2.70. The minimum absolute atomic E-state index is 0.459. The van der Waals surface area contributed by atoms with Gasteiger partial charge in [-0.3, -0.25) is 0 Å². The zero-order valence-corrected chi connectivity index (χ0v) is 12.5. The molecule has 0 N–H and O–H groups in total. The lowest BCUT2D eigenvalue weighted by Gasteiger charge is -2.06. The third kappa shape index (κ3) is 1.82. The van der Waals surface area contributed by atoms with Gasteiger partial charge in [0.2, 0.25) is 0 Å². The Bertz CT molecular complexity index is 1030. The Morgan fingerprint density at radius 1 is 1.05 bits per heavy atom. The summed E-state index contributed by atoms with van der Waals surface area (Å²) in [5.41, 5.74) is 2.40. The number of hydrogen-bond acceptors (Lipinski definition) is 2. The lowest BCUT2D eigenvalue weighted by Crippen LogP contribution is -1.85. The molecule has 0 atom stereocenters. The zero-order chi connectivity index (χ0) is 14.4. The van der Waals surface area contributed by atoms with Crippen molar-refractivity contribution in [2.24, 2.45) is 0 Å². The molecule has 0 saturated carbocycles. The minimum Gasteiger partial charge on any atom is -0.198 e. The molecular formula is C19H13NS. The first kappa shape index (κ1) is 12.4. The molecule has 1 heterocycles. The van der Waals surface area contributed by atoms with Crippen LogP contribution in [0.15, 0.2) is 48.5 Å². The smallest absolute Gasteiger partial charge is 0.0669 e. The zero-order valence-electron chi connectivity index (χ0n) is 11.7. The van der Waals surface area contributed by atoms with Crippen molar-refractivity contribution < 1.29 is 0 Å². The molecule has 0 unspecified atom stereocenters. The van der Waals surface area contributed by atoms with Crippen LogP contribution in [0.25, 0.3) is 30.9 Å². The number of nitriles is 1. The van der Waals surface area contributed by atoms with Gasteiger partial charge >= 0.3 is 0 Å². The van der Waals surface area contributed by atoms with Crippen LogP contribution in [0.5, 0.6) is 0 Å². The van der Waals surface area contributed by atoms with Crippen molar-refractivity contribution in [3.8, 4) is 6.07 Å². The number of thiophene rings is 1. The maximum absolute atomic E-state index is 9.17. The van der Waals surface area contributed by atoms with Crippen LogP contribution in [0.1, 0.15) is 11.1 Å². The highest BCUT2D eigenvalue weighted by molar-refractivity contribution is 7.26. The number of benzene rings is 3. The molecule has 0 aliphatic heterocycles. The fourth-order valence-electron chi connectivity index (χ4n) is 3.05. The van der Waals surface area contributed by atoms with Crippen LogP contribution < -0.4 is 0 Å². The third-order valence-electron chi connectivity index (χ3n) is 3.97. The Morgan fingerprint density at radius 3 is 2.76 bits per heavy atom. The van der Waals surface area contributed by atoms with Crippen molar-refractivity contribution in [1.29, 1.82) is 5.26 Å². The number of aryl methyl sites for hydroxylation is 1. The first-order valence-electron chi connectivity index (χ1n) is 6.98. The Morgan fingerprint density at radius 2 is 1.90 bits per heavy atom. The van der Waals surface area contributed by atoms with E-state index in [-0.39, 0.29) is 0 Å². The molecule has 0 radical (unpaired) electrons. The van der Waals surface area contributed by atoms with E-state index < -0.39 is 0 Å². The number of nitrogens with zero attached hydrogens (tertiary/aromatic N) is 1. The van der Waals surface area contributed by atoms with E-state index in [1.54, 1.807) is 0 Å². The molecule has 21 heavy (non-hydrogen) atoms. The van der Waals surface area contributed by atoms with Crippen molar-refractivity contribution in [3.63, 3.8) is 0 Å². The van der Waals surface area contributed by atoms with E-state index >= 15 is 0 Å². The van der Waals surface area contributed by atoms with Gasteiger partial charge < -0.3 is 0 Å². The first-order chi connectivity index (χ1) is 10.3. The van der Waals surface area contributed by atoms with Gasteiger partial charge in [-0.25, -0.2) is 0 Å². The van der Waals surface area contributed by atoms with Crippen LogP contribution in [0.2, 0.25) is 0 Å². The Balaban J connectivity index is 2.28. The second kappa shape index (κ2) is 4.58. The predicted molar refractivity (Wildman–Crippen MR) is 90.9 cm³/mol. The van der Waals surface area contributed by atoms with Gasteiger partial charge in [-0.05, 0) is 35.4 Å². The summed E-state index contributed by atoms with van der Waals surface area (Å²) >= 11 is 1.83. The van der Waals surface area contributed by atoms with Gasteiger partial charge in [-0.15, -0.1) is 11.3 Å². The van der Waals surface area contributed by atoms with Crippen molar-refractivity contribution in [3.05, 3.63) is 59.7 Å². The van der Waals surface area contributed by atoms with Gasteiger partial charge in [0.15, 0.2) is 0 Å². The van der Waals surface area contributed by atoms with E-state index in [0.717, 1.165) is 5.56 Å². The van der Waals surface area contributed by atoms with Crippen LogP contribution in [-0.2, 0) is 6.42 Å². The maximum Gasteiger partial charge on any atom is 0.0669 e. The van der Waals surface area contributed by atoms with Crippen LogP contribution in [0.4, 0.5) is 0 Å². The average Bonchev–Trinajstić information content (AvgIpc) is 2.87. The molecular weight excluding hydrogens is 274 g/mol.